The lowest BCUT2D eigenvalue weighted by atomic mass is 9.97. The van der Waals surface area contributed by atoms with E-state index < -0.39 is 53.6 Å². The van der Waals surface area contributed by atoms with Crippen molar-refractivity contribution in [3.8, 4) is 0 Å². The molecular weight excluding hydrogens is 456 g/mol. The summed E-state index contributed by atoms with van der Waals surface area (Å²) in [7, 11) is 0. The van der Waals surface area contributed by atoms with Gasteiger partial charge in [0, 0.05) is 19.3 Å². The molecule has 1 aromatic carbocycles. The molecule has 6 nitrogen and oxygen atoms in total. The van der Waals surface area contributed by atoms with E-state index >= 15 is 0 Å². The van der Waals surface area contributed by atoms with Gasteiger partial charge >= 0.3 is 18.3 Å². The SMILES string of the molecule is O=C(COC(=O)C1CCN(c2ccc(C(F)(F)F)cn2)CC1)Nc1ccccc1C(F)(F)F. The lowest BCUT2D eigenvalue weighted by Crippen LogP contribution is -2.38. The number of ether oxygens (including phenoxy) is 1. The maximum atomic E-state index is 13.0. The van der Waals surface area contributed by atoms with Crippen LogP contribution in [0.1, 0.15) is 24.0 Å². The molecule has 0 unspecified atom stereocenters. The van der Waals surface area contributed by atoms with Crippen molar-refractivity contribution in [1.82, 2.24) is 4.98 Å². The number of hydrogen-bond acceptors (Lipinski definition) is 5. The van der Waals surface area contributed by atoms with Gasteiger partial charge in [-0.05, 0) is 37.1 Å². The maximum Gasteiger partial charge on any atom is 0.418 e. The van der Waals surface area contributed by atoms with E-state index in [9.17, 15) is 35.9 Å². The Balaban J connectivity index is 1.47. The van der Waals surface area contributed by atoms with Gasteiger partial charge in [0.15, 0.2) is 6.61 Å². The molecular formula is C21H19F6N3O3. The molecule has 2 aromatic rings. The summed E-state index contributed by atoms with van der Waals surface area (Å²) in [5, 5.41) is 2.09. The maximum absolute atomic E-state index is 13.0. The molecule has 1 aliphatic rings. The Morgan fingerprint density at radius 2 is 1.67 bits per heavy atom. The van der Waals surface area contributed by atoms with Gasteiger partial charge in [-0.3, -0.25) is 9.59 Å². The number of aromatic nitrogens is 1. The first-order chi connectivity index (χ1) is 15.4. The van der Waals surface area contributed by atoms with E-state index in [2.05, 4.69) is 10.3 Å². The highest BCUT2D eigenvalue weighted by Crippen LogP contribution is 2.34. The van der Waals surface area contributed by atoms with Crippen LogP contribution >= 0.6 is 0 Å². The van der Waals surface area contributed by atoms with Crippen molar-refractivity contribution in [3.05, 3.63) is 53.7 Å². The molecule has 178 valence electrons. The molecule has 12 heteroatoms. The highest BCUT2D eigenvalue weighted by molar-refractivity contribution is 5.93. The number of amides is 1. The molecule has 1 aromatic heterocycles. The van der Waals surface area contributed by atoms with Gasteiger partial charge in [-0.25, -0.2) is 4.98 Å². The zero-order valence-corrected chi connectivity index (χ0v) is 17.0. The average Bonchev–Trinajstić information content (AvgIpc) is 2.77. The number of alkyl halides is 6. The first-order valence-corrected chi connectivity index (χ1v) is 9.86. The average molecular weight is 475 g/mol. The monoisotopic (exact) mass is 475 g/mol. The van der Waals surface area contributed by atoms with Crippen LogP contribution in [-0.2, 0) is 26.7 Å². The van der Waals surface area contributed by atoms with E-state index in [1.807, 2.05) is 0 Å². The molecule has 1 N–H and O–H groups in total. The summed E-state index contributed by atoms with van der Waals surface area (Å²) in [6, 6.07) is 6.61. The summed E-state index contributed by atoms with van der Waals surface area (Å²) >= 11 is 0. The van der Waals surface area contributed by atoms with Crippen LogP contribution in [0, 0.1) is 5.92 Å². The van der Waals surface area contributed by atoms with Gasteiger partial charge in [0.1, 0.15) is 5.82 Å². The minimum Gasteiger partial charge on any atom is -0.455 e. The largest absolute Gasteiger partial charge is 0.455 e. The number of carbonyl (C=O) groups is 2. The Hall–Kier alpha value is -3.31. The number of nitrogens with one attached hydrogen (secondary N) is 1. The lowest BCUT2D eigenvalue weighted by molar-refractivity contribution is -0.152. The van der Waals surface area contributed by atoms with Crippen LogP contribution in [-0.4, -0.2) is 36.6 Å². The first kappa shape index (κ1) is 24.3. The number of piperidine rings is 1. The number of benzene rings is 1. The highest BCUT2D eigenvalue weighted by atomic mass is 19.4. The predicted octanol–water partition coefficient (Wildman–Crippen LogP) is 4.52. The molecule has 1 aliphatic heterocycles. The molecule has 3 rings (SSSR count). The number of halogens is 6. The van der Waals surface area contributed by atoms with Gasteiger partial charge < -0.3 is 15.0 Å². The van der Waals surface area contributed by atoms with E-state index in [1.165, 1.54) is 18.2 Å². The number of hydrogen-bond donors (Lipinski definition) is 1. The molecule has 1 saturated heterocycles. The lowest BCUT2D eigenvalue weighted by Gasteiger charge is -2.31. The fraction of sp³-hybridized carbons (Fsp3) is 0.381. The molecule has 0 aliphatic carbocycles. The molecule has 33 heavy (non-hydrogen) atoms. The van der Waals surface area contributed by atoms with Crippen molar-refractivity contribution in [2.75, 3.05) is 29.9 Å². The summed E-state index contributed by atoms with van der Waals surface area (Å²) in [5.41, 5.74) is -2.32. The minimum atomic E-state index is -4.66. The van der Waals surface area contributed by atoms with Gasteiger partial charge in [0.05, 0.1) is 22.7 Å². The summed E-state index contributed by atoms with van der Waals surface area (Å²) in [4.78, 5) is 29.7. The summed E-state index contributed by atoms with van der Waals surface area (Å²) in [6.07, 6.45) is -7.76. The van der Waals surface area contributed by atoms with Crippen molar-refractivity contribution in [3.63, 3.8) is 0 Å². The molecule has 0 saturated carbocycles. The standard InChI is InChI=1S/C21H19F6N3O3/c22-20(23,24)14-5-6-17(28-11-14)30-9-7-13(8-10-30)19(32)33-12-18(31)29-16-4-2-1-3-15(16)21(25,26)27/h1-6,11,13H,7-10,12H2,(H,29,31). The second-order valence-corrected chi connectivity index (χ2v) is 7.36. The molecule has 1 fully saturated rings. The van der Waals surface area contributed by atoms with Crippen LogP contribution in [0.2, 0.25) is 0 Å². The van der Waals surface area contributed by atoms with Gasteiger partial charge in [0.25, 0.3) is 5.91 Å². The van der Waals surface area contributed by atoms with Crippen molar-refractivity contribution in [1.29, 1.82) is 0 Å². The fourth-order valence-corrected chi connectivity index (χ4v) is 3.37. The van der Waals surface area contributed by atoms with Crippen LogP contribution in [0.5, 0.6) is 0 Å². The molecule has 0 atom stereocenters. The van der Waals surface area contributed by atoms with Gasteiger partial charge in [0.2, 0.25) is 0 Å². The zero-order valence-electron chi connectivity index (χ0n) is 17.0. The van der Waals surface area contributed by atoms with Crippen LogP contribution in [0.3, 0.4) is 0 Å². The Morgan fingerprint density at radius 3 is 2.24 bits per heavy atom. The second kappa shape index (κ2) is 9.67. The third kappa shape index (κ3) is 6.36. The fourth-order valence-electron chi connectivity index (χ4n) is 3.37. The summed E-state index contributed by atoms with van der Waals surface area (Å²) in [6.45, 7) is -0.0712. The van der Waals surface area contributed by atoms with Crippen molar-refractivity contribution >= 4 is 23.4 Å². The van der Waals surface area contributed by atoms with E-state index in [4.69, 9.17) is 4.74 Å². The van der Waals surface area contributed by atoms with Crippen LogP contribution in [0.15, 0.2) is 42.6 Å². The second-order valence-electron chi connectivity index (χ2n) is 7.36. The molecule has 1 amide bonds. The third-order valence-corrected chi connectivity index (χ3v) is 5.08. The third-order valence-electron chi connectivity index (χ3n) is 5.08. The molecule has 0 spiro atoms. The van der Waals surface area contributed by atoms with Crippen molar-refractivity contribution < 1.29 is 40.7 Å². The Bertz CT molecular complexity index is 984. The predicted molar refractivity (Wildman–Crippen MR) is 105 cm³/mol. The van der Waals surface area contributed by atoms with E-state index in [0.717, 1.165) is 24.4 Å². The topological polar surface area (TPSA) is 71.5 Å². The number of para-hydroxylation sites is 1. The minimum absolute atomic E-state index is 0.320. The summed E-state index contributed by atoms with van der Waals surface area (Å²) < 4.78 is 81.8. The quantitative estimate of drug-likeness (QED) is 0.509. The number of carbonyl (C=O) groups excluding carboxylic acids is 2. The zero-order chi connectivity index (χ0) is 24.2. The van der Waals surface area contributed by atoms with Gasteiger partial charge in [-0.15, -0.1) is 0 Å². The summed E-state index contributed by atoms with van der Waals surface area (Å²) in [5.74, 6) is -1.79. The van der Waals surface area contributed by atoms with E-state index in [1.54, 1.807) is 4.90 Å². The molecule has 0 radical (unpaired) electrons. The Morgan fingerprint density at radius 1 is 1.00 bits per heavy atom. The molecule has 0 bridgehead atoms. The van der Waals surface area contributed by atoms with Crippen molar-refractivity contribution in [2.45, 2.75) is 25.2 Å². The molecule has 2 heterocycles. The number of anilines is 2. The number of esters is 1. The smallest absolute Gasteiger partial charge is 0.418 e. The Kier molecular flexibility index (Phi) is 7.13. The number of rotatable bonds is 5. The van der Waals surface area contributed by atoms with Crippen molar-refractivity contribution in [2.24, 2.45) is 5.92 Å². The van der Waals surface area contributed by atoms with E-state index in [-0.39, 0.29) is 0 Å². The normalized spacial score (nSPS) is 15.3. The van der Waals surface area contributed by atoms with E-state index in [0.29, 0.717) is 31.7 Å². The number of nitrogens with zero attached hydrogens (tertiary/aromatic N) is 2. The Labute approximate surface area is 184 Å². The van der Waals surface area contributed by atoms with Crippen LogP contribution in [0.25, 0.3) is 0 Å². The van der Waals surface area contributed by atoms with Crippen LogP contribution in [0.4, 0.5) is 37.8 Å². The number of pyridine rings is 1. The van der Waals surface area contributed by atoms with Gasteiger partial charge in [-0.2, -0.15) is 26.3 Å². The van der Waals surface area contributed by atoms with Gasteiger partial charge in [-0.1, -0.05) is 12.1 Å². The first-order valence-electron chi connectivity index (χ1n) is 9.86. The van der Waals surface area contributed by atoms with Crippen LogP contribution < -0.4 is 10.2 Å². The highest BCUT2D eigenvalue weighted by Gasteiger charge is 2.34.